The van der Waals surface area contributed by atoms with Gasteiger partial charge in [0.2, 0.25) is 11.7 Å². The van der Waals surface area contributed by atoms with Crippen LogP contribution in [-0.4, -0.2) is 62.6 Å². The molecule has 0 aliphatic rings. The number of halogens is 3. The van der Waals surface area contributed by atoms with E-state index in [4.69, 9.17) is 8.83 Å². The van der Waals surface area contributed by atoms with Crippen LogP contribution in [0.5, 0.6) is 0 Å². The van der Waals surface area contributed by atoms with Gasteiger partial charge in [-0.1, -0.05) is 48.2 Å². The number of thioether (sulfide) groups is 1. The highest BCUT2D eigenvalue weighted by atomic mass is 32.2. The Balaban J connectivity index is 1.36. The number of nitrogens with zero attached hydrogens (tertiary/aromatic N) is 6. The average molecular weight is 597 g/mol. The molecule has 0 N–H and O–H groups in total. The number of hydrogen-bond acceptors (Lipinski definition) is 8. The molecule has 5 aromatic rings. The van der Waals surface area contributed by atoms with Crippen molar-refractivity contribution in [2.24, 2.45) is 0 Å². The molecule has 0 saturated heterocycles. The molecular weight excluding hydrogens is 569 g/mol. The second kappa shape index (κ2) is 12.7. The summed E-state index contributed by atoms with van der Waals surface area (Å²) in [6.07, 6.45) is -1.76. The third kappa shape index (κ3) is 6.92. The Morgan fingerprint density at radius 1 is 0.976 bits per heavy atom. The molecule has 13 heteroatoms. The molecular formula is C29H27F3N6O3S. The molecule has 1 amide bonds. The number of carbonyl (C=O) groups is 1. The summed E-state index contributed by atoms with van der Waals surface area (Å²) >= 11 is 1.16. The molecule has 2 aromatic carbocycles. The lowest BCUT2D eigenvalue weighted by atomic mass is 10.2. The van der Waals surface area contributed by atoms with Crippen LogP contribution < -0.4 is 0 Å². The number of hydrogen-bond donors (Lipinski definition) is 0. The normalized spacial score (nSPS) is 11.8. The van der Waals surface area contributed by atoms with Crippen molar-refractivity contribution in [3.63, 3.8) is 0 Å². The maximum atomic E-state index is 13.5. The van der Waals surface area contributed by atoms with Gasteiger partial charge in [0.05, 0.1) is 23.3 Å². The summed E-state index contributed by atoms with van der Waals surface area (Å²) in [4.78, 5) is 21.5. The van der Waals surface area contributed by atoms with E-state index in [1.807, 2.05) is 49.3 Å². The summed E-state index contributed by atoms with van der Waals surface area (Å²) in [5.41, 5.74) is 0.561. The molecule has 5 rings (SSSR count). The SMILES string of the molecule is CN(C)CCN(Cc1ccccc1)C(=O)c1coc(CSc2nnc(-c3ccco3)n2-c2cccc(C(F)(F)F)c2)n1. The minimum absolute atomic E-state index is 0.152. The first-order valence-corrected chi connectivity index (χ1v) is 13.9. The van der Waals surface area contributed by atoms with Gasteiger partial charge in [0.1, 0.15) is 6.26 Å². The molecule has 0 atom stereocenters. The van der Waals surface area contributed by atoms with Crippen LogP contribution in [0.4, 0.5) is 13.2 Å². The van der Waals surface area contributed by atoms with Crippen LogP contribution >= 0.6 is 11.8 Å². The molecule has 3 aromatic heterocycles. The number of likely N-dealkylation sites (N-methyl/N-ethyl adjacent to an activating group) is 1. The van der Waals surface area contributed by atoms with Crippen LogP contribution in [-0.2, 0) is 18.5 Å². The first-order chi connectivity index (χ1) is 20.2. The van der Waals surface area contributed by atoms with Crippen LogP contribution in [0.25, 0.3) is 17.3 Å². The smallest absolute Gasteiger partial charge is 0.416 e. The largest absolute Gasteiger partial charge is 0.461 e. The van der Waals surface area contributed by atoms with Crippen LogP contribution in [0.2, 0.25) is 0 Å². The molecule has 0 bridgehead atoms. The van der Waals surface area contributed by atoms with Crippen molar-refractivity contribution in [1.29, 1.82) is 0 Å². The molecule has 42 heavy (non-hydrogen) atoms. The van der Waals surface area contributed by atoms with E-state index in [1.54, 1.807) is 17.0 Å². The van der Waals surface area contributed by atoms with Crippen LogP contribution in [0.1, 0.15) is 27.5 Å². The molecule has 0 saturated carbocycles. The predicted octanol–water partition coefficient (Wildman–Crippen LogP) is 6.03. The van der Waals surface area contributed by atoms with Crippen LogP contribution in [0, 0.1) is 0 Å². The van der Waals surface area contributed by atoms with E-state index < -0.39 is 11.7 Å². The molecule has 3 heterocycles. The lowest BCUT2D eigenvalue weighted by Gasteiger charge is -2.23. The van der Waals surface area contributed by atoms with E-state index in [9.17, 15) is 18.0 Å². The summed E-state index contributed by atoms with van der Waals surface area (Å²) in [6.45, 7) is 1.58. The zero-order chi connectivity index (χ0) is 29.7. The number of aromatic nitrogens is 4. The zero-order valence-corrected chi connectivity index (χ0v) is 23.6. The Labute approximate surface area is 244 Å². The molecule has 9 nitrogen and oxygen atoms in total. The van der Waals surface area contributed by atoms with Crippen molar-refractivity contribution < 1.29 is 26.8 Å². The van der Waals surface area contributed by atoms with Crippen molar-refractivity contribution in [1.82, 2.24) is 29.5 Å². The Morgan fingerprint density at radius 3 is 2.50 bits per heavy atom. The van der Waals surface area contributed by atoms with Crippen molar-refractivity contribution in [3.8, 4) is 17.3 Å². The number of rotatable bonds is 11. The van der Waals surface area contributed by atoms with E-state index in [-0.39, 0.29) is 34.8 Å². The van der Waals surface area contributed by atoms with E-state index >= 15 is 0 Å². The highest BCUT2D eigenvalue weighted by Crippen LogP contribution is 2.34. The number of benzene rings is 2. The fourth-order valence-corrected chi connectivity index (χ4v) is 4.93. The predicted molar refractivity (Wildman–Crippen MR) is 150 cm³/mol. The first kappa shape index (κ1) is 29.1. The standard InChI is InChI=1S/C29H27F3N6O3S/c1-36(2)13-14-37(17-20-8-4-3-5-9-20)27(39)23-18-41-25(33-23)19-42-28-35-34-26(24-12-7-15-40-24)38(28)22-11-6-10-21(16-22)29(30,31)32/h3-12,15-16,18H,13-14,17,19H2,1-2H3. The maximum Gasteiger partial charge on any atom is 0.416 e. The molecule has 0 unspecified atom stereocenters. The van der Waals surface area contributed by atoms with Crippen molar-refractivity contribution in [3.05, 3.63) is 102 Å². The molecule has 0 radical (unpaired) electrons. The minimum Gasteiger partial charge on any atom is -0.461 e. The number of oxazole rings is 1. The maximum absolute atomic E-state index is 13.5. The Hall–Kier alpha value is -4.36. The highest BCUT2D eigenvalue weighted by Gasteiger charge is 2.31. The summed E-state index contributed by atoms with van der Waals surface area (Å²) in [5, 5.41) is 8.67. The fraction of sp³-hybridized carbons (Fsp3) is 0.241. The van der Waals surface area contributed by atoms with Crippen LogP contribution in [0.15, 0.2) is 93.2 Å². The Kier molecular flexibility index (Phi) is 8.78. The van der Waals surface area contributed by atoms with Gasteiger partial charge in [-0.2, -0.15) is 13.2 Å². The second-order valence-corrected chi connectivity index (χ2v) is 10.5. The number of alkyl halides is 3. The van der Waals surface area contributed by atoms with Gasteiger partial charge in [-0.15, -0.1) is 10.2 Å². The van der Waals surface area contributed by atoms with Gasteiger partial charge in [-0.05, 0) is 50.0 Å². The lowest BCUT2D eigenvalue weighted by molar-refractivity contribution is -0.137. The molecule has 0 fully saturated rings. The first-order valence-electron chi connectivity index (χ1n) is 12.9. The van der Waals surface area contributed by atoms with E-state index in [1.165, 1.54) is 29.2 Å². The summed E-state index contributed by atoms with van der Waals surface area (Å²) in [6, 6.07) is 17.8. The second-order valence-electron chi connectivity index (χ2n) is 9.60. The van der Waals surface area contributed by atoms with Gasteiger partial charge in [0.15, 0.2) is 16.6 Å². The summed E-state index contributed by atoms with van der Waals surface area (Å²) in [7, 11) is 3.87. The molecule has 218 valence electrons. The fourth-order valence-electron chi connectivity index (χ4n) is 4.12. The third-order valence-electron chi connectivity index (χ3n) is 6.22. The third-order valence-corrected chi connectivity index (χ3v) is 7.14. The average Bonchev–Trinajstić information content (AvgIpc) is 3.75. The van der Waals surface area contributed by atoms with Crippen molar-refractivity contribution in [2.45, 2.75) is 23.6 Å². The quantitative estimate of drug-likeness (QED) is 0.171. The van der Waals surface area contributed by atoms with E-state index in [2.05, 4.69) is 15.2 Å². The van der Waals surface area contributed by atoms with Gasteiger partial charge in [-0.3, -0.25) is 9.36 Å². The van der Waals surface area contributed by atoms with Crippen molar-refractivity contribution in [2.75, 3.05) is 27.2 Å². The van der Waals surface area contributed by atoms with Gasteiger partial charge < -0.3 is 18.6 Å². The van der Waals surface area contributed by atoms with Gasteiger partial charge >= 0.3 is 6.18 Å². The topological polar surface area (TPSA) is 93.4 Å². The molecule has 0 aliphatic heterocycles. The molecule has 0 aliphatic carbocycles. The van der Waals surface area contributed by atoms with Gasteiger partial charge in [-0.25, -0.2) is 4.98 Å². The van der Waals surface area contributed by atoms with Gasteiger partial charge in [0.25, 0.3) is 5.91 Å². The van der Waals surface area contributed by atoms with Crippen LogP contribution in [0.3, 0.4) is 0 Å². The Morgan fingerprint density at radius 2 is 1.79 bits per heavy atom. The number of amides is 1. The van der Waals surface area contributed by atoms with Gasteiger partial charge in [0, 0.05) is 19.6 Å². The Bertz CT molecular complexity index is 1620. The van der Waals surface area contributed by atoms with E-state index in [0.29, 0.717) is 30.6 Å². The summed E-state index contributed by atoms with van der Waals surface area (Å²) < 4.78 is 53.0. The lowest BCUT2D eigenvalue weighted by Crippen LogP contribution is -2.36. The van der Waals surface area contributed by atoms with Crippen molar-refractivity contribution >= 4 is 17.7 Å². The number of furan rings is 1. The summed E-state index contributed by atoms with van der Waals surface area (Å²) in [5.74, 6) is 0.718. The van der Waals surface area contributed by atoms with E-state index in [0.717, 1.165) is 29.5 Å². The monoisotopic (exact) mass is 596 g/mol. The number of carbonyl (C=O) groups excluding carboxylic acids is 1. The minimum atomic E-state index is -4.52. The zero-order valence-electron chi connectivity index (χ0n) is 22.8. The highest BCUT2D eigenvalue weighted by molar-refractivity contribution is 7.98. The molecule has 0 spiro atoms.